The maximum absolute atomic E-state index is 5.63. The molecule has 0 radical (unpaired) electrons. The Morgan fingerprint density at radius 3 is 2.87 bits per heavy atom. The van der Waals surface area contributed by atoms with Crippen LogP contribution < -0.4 is 5.73 Å². The molecular formula is C11H15N3S. The zero-order chi connectivity index (χ0) is 10.3. The van der Waals surface area contributed by atoms with Crippen molar-refractivity contribution in [2.24, 2.45) is 5.73 Å². The van der Waals surface area contributed by atoms with Crippen molar-refractivity contribution in [3.63, 3.8) is 0 Å². The first-order chi connectivity index (χ1) is 7.38. The third-order valence-electron chi connectivity index (χ3n) is 3.00. The van der Waals surface area contributed by atoms with Gasteiger partial charge in [0.15, 0.2) is 0 Å². The van der Waals surface area contributed by atoms with Crippen LogP contribution in [0.15, 0.2) is 0 Å². The maximum Gasteiger partial charge on any atom is 0.131 e. The van der Waals surface area contributed by atoms with E-state index in [4.69, 9.17) is 10.7 Å². The van der Waals surface area contributed by atoms with Crippen molar-refractivity contribution in [2.45, 2.75) is 36.7 Å². The third kappa shape index (κ3) is 1.76. The molecule has 0 atom stereocenters. The van der Waals surface area contributed by atoms with Crippen LogP contribution >= 0.6 is 11.8 Å². The van der Waals surface area contributed by atoms with Gasteiger partial charge in [0.25, 0.3) is 0 Å². The second-order valence-electron chi connectivity index (χ2n) is 4.26. The highest BCUT2D eigenvalue weighted by Gasteiger charge is 2.29. The molecule has 3 rings (SSSR count). The molecule has 1 saturated carbocycles. The Morgan fingerprint density at radius 1 is 1.27 bits per heavy atom. The Bertz CT molecular complexity index is 388. The number of nitrogens with zero attached hydrogens (tertiary/aromatic N) is 2. The molecule has 0 bridgehead atoms. The summed E-state index contributed by atoms with van der Waals surface area (Å²) in [6.45, 7) is 0.693. The van der Waals surface area contributed by atoms with Gasteiger partial charge in [-0.25, -0.2) is 9.97 Å². The first-order valence-electron chi connectivity index (χ1n) is 5.55. The van der Waals surface area contributed by atoms with Crippen molar-refractivity contribution in [3.05, 3.63) is 22.8 Å². The molecule has 1 aliphatic carbocycles. The lowest BCUT2D eigenvalue weighted by Gasteiger charge is -2.08. The highest BCUT2D eigenvalue weighted by molar-refractivity contribution is 7.98. The molecule has 15 heavy (non-hydrogen) atoms. The van der Waals surface area contributed by atoms with Crippen LogP contribution in [0.25, 0.3) is 0 Å². The van der Waals surface area contributed by atoms with E-state index in [1.165, 1.54) is 29.8 Å². The van der Waals surface area contributed by atoms with Crippen LogP contribution in [0.5, 0.6) is 0 Å². The molecule has 2 N–H and O–H groups in total. The van der Waals surface area contributed by atoms with Crippen LogP contribution in [-0.2, 0) is 17.9 Å². The molecule has 1 aliphatic heterocycles. The summed E-state index contributed by atoms with van der Waals surface area (Å²) in [5.74, 6) is 3.88. The normalized spacial score (nSPS) is 19.3. The number of rotatable bonds is 3. The number of thioether (sulfide) groups is 1. The lowest BCUT2D eigenvalue weighted by atomic mass is 10.1. The van der Waals surface area contributed by atoms with Crippen LogP contribution in [0, 0.1) is 0 Å². The SMILES string of the molecule is NCCc1nc(C2CC2)nc2c1CSC2. The van der Waals surface area contributed by atoms with Crippen LogP contribution in [-0.4, -0.2) is 16.5 Å². The van der Waals surface area contributed by atoms with Gasteiger partial charge in [-0.1, -0.05) is 0 Å². The Morgan fingerprint density at radius 2 is 2.13 bits per heavy atom. The largest absolute Gasteiger partial charge is 0.330 e. The van der Waals surface area contributed by atoms with E-state index < -0.39 is 0 Å². The average Bonchev–Trinajstić information content (AvgIpc) is 2.98. The molecule has 0 saturated heterocycles. The topological polar surface area (TPSA) is 51.8 Å². The summed E-state index contributed by atoms with van der Waals surface area (Å²) in [6, 6.07) is 0. The number of hydrogen-bond donors (Lipinski definition) is 1. The second kappa shape index (κ2) is 3.76. The summed E-state index contributed by atoms with van der Waals surface area (Å²) in [5.41, 5.74) is 9.49. The zero-order valence-electron chi connectivity index (χ0n) is 8.70. The van der Waals surface area contributed by atoms with Crippen LogP contribution in [0.1, 0.15) is 41.5 Å². The first kappa shape index (κ1) is 9.60. The monoisotopic (exact) mass is 221 g/mol. The molecule has 1 aromatic heterocycles. The molecule has 80 valence electrons. The molecule has 0 amide bonds. The van der Waals surface area contributed by atoms with Gasteiger partial charge in [0.1, 0.15) is 5.82 Å². The highest BCUT2D eigenvalue weighted by Crippen LogP contribution is 2.40. The van der Waals surface area contributed by atoms with E-state index in [9.17, 15) is 0 Å². The fourth-order valence-electron chi connectivity index (χ4n) is 2.01. The van der Waals surface area contributed by atoms with Gasteiger partial charge in [0, 0.05) is 35.1 Å². The molecule has 0 unspecified atom stereocenters. The number of hydrogen-bond acceptors (Lipinski definition) is 4. The summed E-state index contributed by atoms with van der Waals surface area (Å²) in [7, 11) is 0. The summed E-state index contributed by atoms with van der Waals surface area (Å²) in [6.07, 6.45) is 3.45. The van der Waals surface area contributed by atoms with E-state index in [0.29, 0.717) is 12.5 Å². The Kier molecular flexibility index (Phi) is 2.41. The van der Waals surface area contributed by atoms with Gasteiger partial charge < -0.3 is 5.73 Å². The zero-order valence-corrected chi connectivity index (χ0v) is 9.52. The number of nitrogens with two attached hydrogens (primary N) is 1. The molecule has 2 heterocycles. The summed E-state index contributed by atoms with van der Waals surface area (Å²) >= 11 is 1.94. The highest BCUT2D eigenvalue weighted by atomic mass is 32.2. The molecule has 3 nitrogen and oxygen atoms in total. The minimum absolute atomic E-state index is 0.650. The Hall–Kier alpha value is -0.610. The van der Waals surface area contributed by atoms with Gasteiger partial charge in [-0.05, 0) is 19.4 Å². The van der Waals surface area contributed by atoms with Crippen molar-refractivity contribution in [3.8, 4) is 0 Å². The van der Waals surface area contributed by atoms with Crippen LogP contribution in [0.2, 0.25) is 0 Å². The van der Waals surface area contributed by atoms with E-state index in [1.807, 2.05) is 11.8 Å². The minimum Gasteiger partial charge on any atom is -0.330 e. The van der Waals surface area contributed by atoms with Gasteiger partial charge >= 0.3 is 0 Å². The predicted molar refractivity (Wildman–Crippen MR) is 61.8 cm³/mol. The average molecular weight is 221 g/mol. The van der Waals surface area contributed by atoms with E-state index in [2.05, 4.69) is 4.98 Å². The van der Waals surface area contributed by atoms with Gasteiger partial charge in [-0.15, -0.1) is 0 Å². The number of aromatic nitrogens is 2. The maximum atomic E-state index is 5.63. The Labute approximate surface area is 93.9 Å². The first-order valence-corrected chi connectivity index (χ1v) is 6.70. The van der Waals surface area contributed by atoms with E-state index in [0.717, 1.165) is 23.8 Å². The van der Waals surface area contributed by atoms with E-state index in [1.54, 1.807) is 0 Å². The molecule has 2 aliphatic rings. The lowest BCUT2D eigenvalue weighted by Crippen LogP contribution is -2.10. The van der Waals surface area contributed by atoms with Crippen molar-refractivity contribution in [1.29, 1.82) is 0 Å². The fourth-order valence-corrected chi connectivity index (χ4v) is 3.08. The van der Waals surface area contributed by atoms with Gasteiger partial charge in [0.05, 0.1) is 5.69 Å². The van der Waals surface area contributed by atoms with Crippen LogP contribution in [0.3, 0.4) is 0 Å². The van der Waals surface area contributed by atoms with E-state index in [-0.39, 0.29) is 0 Å². The molecule has 0 aromatic carbocycles. The summed E-state index contributed by atoms with van der Waals surface area (Å²) in [4.78, 5) is 9.38. The molecule has 0 spiro atoms. The van der Waals surface area contributed by atoms with E-state index >= 15 is 0 Å². The summed E-state index contributed by atoms with van der Waals surface area (Å²) < 4.78 is 0. The fraction of sp³-hybridized carbons (Fsp3) is 0.636. The summed E-state index contributed by atoms with van der Waals surface area (Å²) in [5, 5.41) is 0. The van der Waals surface area contributed by atoms with Gasteiger partial charge in [-0.3, -0.25) is 0 Å². The van der Waals surface area contributed by atoms with Crippen molar-refractivity contribution in [2.75, 3.05) is 6.54 Å². The standard InChI is InChI=1S/C11H15N3S/c12-4-3-9-8-5-15-6-10(8)14-11(13-9)7-1-2-7/h7H,1-6,12H2. The van der Waals surface area contributed by atoms with Gasteiger partial charge in [-0.2, -0.15) is 11.8 Å². The smallest absolute Gasteiger partial charge is 0.131 e. The third-order valence-corrected chi connectivity index (χ3v) is 3.97. The predicted octanol–water partition coefficient (Wildman–Crippen LogP) is 1.60. The number of fused-ring (bicyclic) bond motifs is 1. The lowest BCUT2D eigenvalue weighted by molar-refractivity contribution is 0.821. The van der Waals surface area contributed by atoms with Crippen molar-refractivity contribution >= 4 is 11.8 Å². The molecule has 1 fully saturated rings. The minimum atomic E-state index is 0.650. The van der Waals surface area contributed by atoms with Crippen LogP contribution in [0.4, 0.5) is 0 Å². The van der Waals surface area contributed by atoms with Crippen molar-refractivity contribution in [1.82, 2.24) is 9.97 Å². The second-order valence-corrected chi connectivity index (χ2v) is 5.25. The Balaban J connectivity index is 2.02. The molecular weight excluding hydrogens is 206 g/mol. The van der Waals surface area contributed by atoms with Gasteiger partial charge in [0.2, 0.25) is 0 Å². The molecule has 1 aromatic rings. The quantitative estimate of drug-likeness (QED) is 0.842. The molecule has 4 heteroatoms. The van der Waals surface area contributed by atoms with Crippen molar-refractivity contribution < 1.29 is 0 Å².